The molecule has 3 amide bonds. The second-order valence-electron chi connectivity index (χ2n) is 5.21. The number of hydrazine groups is 1. The summed E-state index contributed by atoms with van der Waals surface area (Å²) in [6.45, 7) is 2.07. The number of hydrogen-bond acceptors (Lipinski definition) is 6. The second-order valence-corrected chi connectivity index (χ2v) is 5.21. The van der Waals surface area contributed by atoms with E-state index in [9.17, 15) is 14.4 Å². The zero-order valence-electron chi connectivity index (χ0n) is 13.1. The molecule has 1 saturated heterocycles. The molecule has 1 aliphatic heterocycles. The minimum absolute atomic E-state index is 0.0866. The molecule has 0 aliphatic carbocycles. The molecule has 1 atom stereocenters. The monoisotopic (exact) mass is 320 g/mol. The molecule has 0 spiro atoms. The summed E-state index contributed by atoms with van der Waals surface area (Å²) in [7, 11) is 1.58. The zero-order valence-corrected chi connectivity index (χ0v) is 13.1. The molecule has 1 aromatic carbocycles. The van der Waals surface area contributed by atoms with E-state index in [-0.39, 0.29) is 24.7 Å². The second kappa shape index (κ2) is 7.21. The van der Waals surface area contributed by atoms with Crippen molar-refractivity contribution in [2.45, 2.75) is 25.9 Å². The van der Waals surface area contributed by atoms with E-state index < -0.39 is 12.2 Å². The van der Waals surface area contributed by atoms with Crippen molar-refractivity contribution in [1.82, 2.24) is 10.3 Å². The van der Waals surface area contributed by atoms with Gasteiger partial charge < -0.3 is 10.1 Å². The van der Waals surface area contributed by atoms with Gasteiger partial charge in [0.2, 0.25) is 5.91 Å². The third-order valence-electron chi connectivity index (χ3n) is 3.45. The Morgan fingerprint density at radius 1 is 1.39 bits per heavy atom. The van der Waals surface area contributed by atoms with E-state index in [0.717, 1.165) is 10.5 Å². The highest BCUT2D eigenvalue weighted by molar-refractivity contribution is 6.16. The van der Waals surface area contributed by atoms with E-state index in [1.807, 2.05) is 0 Å². The smallest absolute Gasteiger partial charge is 0.330 e. The number of carbonyl (C=O) groups excluding carboxylic acids is 3. The number of anilines is 1. The largest absolute Gasteiger partial charge is 0.466 e. The number of urea groups is 1. The van der Waals surface area contributed by atoms with Gasteiger partial charge in [0, 0.05) is 7.05 Å². The molecule has 8 heteroatoms. The molecule has 2 rings (SSSR count). The van der Waals surface area contributed by atoms with Gasteiger partial charge in [-0.05, 0) is 24.6 Å². The average molecular weight is 320 g/mol. The molecule has 0 aromatic heterocycles. The number of imide groups is 1. The predicted octanol–water partition coefficient (Wildman–Crippen LogP) is 0.370. The fourth-order valence-electron chi connectivity index (χ4n) is 2.28. The Kier molecular flexibility index (Phi) is 5.30. The van der Waals surface area contributed by atoms with Gasteiger partial charge in [0.1, 0.15) is 6.17 Å². The van der Waals surface area contributed by atoms with E-state index in [2.05, 4.69) is 5.32 Å². The van der Waals surface area contributed by atoms with Crippen molar-refractivity contribution in [3.63, 3.8) is 0 Å². The van der Waals surface area contributed by atoms with Crippen molar-refractivity contribution >= 4 is 23.6 Å². The maximum Gasteiger partial charge on any atom is 0.330 e. The van der Waals surface area contributed by atoms with Gasteiger partial charge >= 0.3 is 12.0 Å². The van der Waals surface area contributed by atoms with Crippen molar-refractivity contribution in [2.24, 2.45) is 5.84 Å². The van der Waals surface area contributed by atoms with Crippen LogP contribution in [0.5, 0.6) is 0 Å². The van der Waals surface area contributed by atoms with E-state index in [1.165, 1.54) is 5.01 Å². The molecule has 1 aliphatic rings. The van der Waals surface area contributed by atoms with Crippen molar-refractivity contribution in [3.8, 4) is 0 Å². The molecular weight excluding hydrogens is 300 g/mol. The van der Waals surface area contributed by atoms with Crippen LogP contribution in [0.4, 0.5) is 10.5 Å². The fourth-order valence-corrected chi connectivity index (χ4v) is 2.28. The molecule has 1 fully saturated rings. The number of hydrogen-bond donors (Lipinski definition) is 2. The number of nitrogens with zero attached hydrogens (tertiary/aromatic N) is 2. The first kappa shape index (κ1) is 16.9. The van der Waals surface area contributed by atoms with Crippen LogP contribution in [0.3, 0.4) is 0 Å². The Morgan fingerprint density at radius 2 is 2.04 bits per heavy atom. The number of benzene rings is 1. The summed E-state index contributed by atoms with van der Waals surface area (Å²) in [6.07, 6.45) is -0.285. The van der Waals surface area contributed by atoms with Crippen LogP contribution in [0.1, 0.15) is 18.9 Å². The highest BCUT2D eigenvalue weighted by Crippen LogP contribution is 2.20. The Labute approximate surface area is 134 Å². The normalized spacial score (nSPS) is 18.1. The lowest BCUT2D eigenvalue weighted by Crippen LogP contribution is -2.61. The maximum absolute atomic E-state index is 12.2. The Bertz CT molecular complexity index is 582. The molecule has 1 unspecified atom stereocenters. The van der Waals surface area contributed by atoms with Gasteiger partial charge in [0.25, 0.3) is 0 Å². The van der Waals surface area contributed by atoms with Gasteiger partial charge in [-0.3, -0.25) is 15.4 Å². The summed E-state index contributed by atoms with van der Waals surface area (Å²) in [6, 6.07) is 6.10. The lowest BCUT2D eigenvalue weighted by molar-refractivity contribution is -0.142. The first-order valence-corrected chi connectivity index (χ1v) is 7.28. The van der Waals surface area contributed by atoms with Crippen molar-refractivity contribution in [1.29, 1.82) is 0 Å². The Hall–Kier alpha value is -2.45. The fraction of sp³-hybridized carbons (Fsp3) is 0.400. The molecule has 23 heavy (non-hydrogen) atoms. The number of nitrogens with two attached hydrogens (primary N) is 1. The Morgan fingerprint density at radius 3 is 2.57 bits per heavy atom. The van der Waals surface area contributed by atoms with E-state index in [0.29, 0.717) is 12.3 Å². The van der Waals surface area contributed by atoms with Gasteiger partial charge in [-0.25, -0.2) is 14.7 Å². The minimum atomic E-state index is -0.526. The maximum atomic E-state index is 12.2. The number of rotatable bonds is 5. The summed E-state index contributed by atoms with van der Waals surface area (Å²) in [4.78, 5) is 36.8. The zero-order chi connectivity index (χ0) is 17.0. The third kappa shape index (κ3) is 4.05. The number of nitrogens with one attached hydrogen (secondary N) is 1. The molecule has 0 bridgehead atoms. The topological polar surface area (TPSA) is 105 Å². The molecule has 124 valence electrons. The molecule has 1 heterocycles. The lowest BCUT2D eigenvalue weighted by Gasteiger charge is -2.34. The van der Waals surface area contributed by atoms with Crippen LogP contribution in [-0.2, 0) is 20.7 Å². The van der Waals surface area contributed by atoms with Gasteiger partial charge in [-0.1, -0.05) is 12.1 Å². The number of esters is 1. The van der Waals surface area contributed by atoms with Crippen LogP contribution in [0.25, 0.3) is 0 Å². The molecule has 8 nitrogen and oxygen atoms in total. The highest BCUT2D eigenvalue weighted by atomic mass is 16.5. The van der Waals surface area contributed by atoms with E-state index in [1.54, 1.807) is 38.2 Å². The predicted molar refractivity (Wildman–Crippen MR) is 83.2 cm³/mol. The van der Waals surface area contributed by atoms with Crippen LogP contribution >= 0.6 is 0 Å². The highest BCUT2D eigenvalue weighted by Gasteiger charge is 2.34. The summed E-state index contributed by atoms with van der Waals surface area (Å²) < 4.78 is 4.88. The van der Waals surface area contributed by atoms with Crippen LogP contribution in [0.15, 0.2) is 24.3 Å². The van der Waals surface area contributed by atoms with Gasteiger partial charge in [-0.15, -0.1) is 0 Å². The molecular formula is C15H20N4O4. The Balaban J connectivity index is 2.08. The molecule has 0 radical (unpaired) electrons. The summed E-state index contributed by atoms with van der Waals surface area (Å²) in [5.74, 6) is 4.91. The van der Waals surface area contributed by atoms with Gasteiger partial charge in [0.05, 0.1) is 25.1 Å². The van der Waals surface area contributed by atoms with Crippen molar-refractivity contribution < 1.29 is 19.1 Å². The van der Waals surface area contributed by atoms with Crippen LogP contribution in [0, 0.1) is 0 Å². The van der Waals surface area contributed by atoms with Gasteiger partial charge in [0.15, 0.2) is 0 Å². The minimum Gasteiger partial charge on any atom is -0.466 e. The first-order chi connectivity index (χ1) is 10.9. The number of amides is 3. The van der Waals surface area contributed by atoms with Gasteiger partial charge in [-0.2, -0.15) is 0 Å². The van der Waals surface area contributed by atoms with E-state index in [4.69, 9.17) is 10.6 Å². The van der Waals surface area contributed by atoms with Crippen molar-refractivity contribution in [2.75, 3.05) is 18.6 Å². The standard InChI is InChI=1S/C15H20N4O4/c1-3-23-14(21)8-10-4-6-11(7-5-10)19-13(20)9-12(18(2)16)17-15(19)22/h4-7,12H,3,8-9,16H2,1-2H3,(H,17,22). The summed E-state index contributed by atoms with van der Waals surface area (Å²) in [5, 5.41) is 3.94. The average Bonchev–Trinajstić information content (AvgIpc) is 2.48. The van der Waals surface area contributed by atoms with Crippen LogP contribution < -0.4 is 16.1 Å². The number of carbonyl (C=O) groups is 3. The first-order valence-electron chi connectivity index (χ1n) is 7.28. The molecule has 1 aromatic rings. The van der Waals surface area contributed by atoms with Crippen LogP contribution in [0.2, 0.25) is 0 Å². The lowest BCUT2D eigenvalue weighted by atomic mass is 10.1. The third-order valence-corrected chi connectivity index (χ3v) is 3.45. The quantitative estimate of drug-likeness (QED) is 0.461. The summed E-state index contributed by atoms with van der Waals surface area (Å²) >= 11 is 0. The van der Waals surface area contributed by atoms with Crippen LogP contribution in [-0.4, -0.2) is 42.7 Å². The summed E-state index contributed by atoms with van der Waals surface area (Å²) in [5.41, 5.74) is 1.19. The number of ether oxygens (including phenoxy) is 1. The SMILES string of the molecule is CCOC(=O)Cc1ccc(N2C(=O)CC(N(C)N)NC2=O)cc1. The van der Waals surface area contributed by atoms with E-state index >= 15 is 0 Å². The van der Waals surface area contributed by atoms with Crippen molar-refractivity contribution in [3.05, 3.63) is 29.8 Å². The molecule has 3 N–H and O–H groups in total. The molecule has 0 saturated carbocycles.